The molecule has 2 N–H and O–H groups in total. The van der Waals surface area contributed by atoms with Crippen LogP contribution in [0.15, 0.2) is 40.1 Å². The van der Waals surface area contributed by atoms with E-state index in [0.29, 0.717) is 18.7 Å². The molecule has 2 aromatic rings. The van der Waals surface area contributed by atoms with E-state index in [0.717, 1.165) is 15.7 Å². The lowest BCUT2D eigenvalue weighted by Gasteiger charge is -2.13. The van der Waals surface area contributed by atoms with Gasteiger partial charge in [-0.15, -0.1) is 0 Å². The minimum atomic E-state index is -0.642. The van der Waals surface area contributed by atoms with E-state index in [4.69, 9.17) is 0 Å². The van der Waals surface area contributed by atoms with Gasteiger partial charge in [0.15, 0.2) is 0 Å². The number of nitrogens with one attached hydrogen (secondary N) is 1. The first-order valence-electron chi connectivity index (χ1n) is 7.11. The summed E-state index contributed by atoms with van der Waals surface area (Å²) in [4.78, 5) is 23.6. The molecule has 118 valence electrons. The molecule has 22 heavy (non-hydrogen) atoms. The molecule has 0 saturated heterocycles. The monoisotopic (exact) mass is 303 g/mol. The zero-order chi connectivity index (χ0) is 16.3. The van der Waals surface area contributed by atoms with Crippen molar-refractivity contribution < 1.29 is 5.11 Å². The fourth-order valence-corrected chi connectivity index (χ4v) is 2.25. The van der Waals surface area contributed by atoms with Crippen molar-refractivity contribution in [3.05, 3.63) is 68.0 Å². The maximum Gasteiger partial charge on any atom is 0.330 e. The topological polar surface area (TPSA) is 76.3 Å². The number of aliphatic hydroxyl groups excluding tert-OH is 1. The van der Waals surface area contributed by atoms with Gasteiger partial charge in [-0.3, -0.25) is 9.36 Å². The predicted molar refractivity (Wildman–Crippen MR) is 84.8 cm³/mol. The number of nitrogens with zero attached hydrogens (tertiary/aromatic N) is 2. The second-order valence-corrected chi connectivity index (χ2v) is 5.47. The van der Waals surface area contributed by atoms with Crippen molar-refractivity contribution in [2.24, 2.45) is 14.1 Å². The van der Waals surface area contributed by atoms with E-state index in [9.17, 15) is 14.7 Å². The molecule has 0 aliphatic carbocycles. The summed E-state index contributed by atoms with van der Waals surface area (Å²) in [5.41, 5.74) is 1.78. The highest BCUT2D eigenvalue weighted by molar-refractivity contribution is 5.23. The third kappa shape index (κ3) is 3.52. The SMILES string of the molecule is Cc1ccc(C(O)CNCc2cn(C)c(=O)n(C)c2=O)cc1. The van der Waals surface area contributed by atoms with Gasteiger partial charge < -0.3 is 15.0 Å². The lowest BCUT2D eigenvalue weighted by Crippen LogP contribution is -2.39. The Morgan fingerprint density at radius 2 is 1.82 bits per heavy atom. The molecule has 0 aliphatic heterocycles. The van der Waals surface area contributed by atoms with Crippen molar-refractivity contribution in [3.63, 3.8) is 0 Å². The molecule has 0 spiro atoms. The fraction of sp³-hybridized carbons (Fsp3) is 0.375. The normalized spacial score (nSPS) is 12.4. The maximum absolute atomic E-state index is 12.0. The van der Waals surface area contributed by atoms with Crippen molar-refractivity contribution in [2.45, 2.75) is 19.6 Å². The summed E-state index contributed by atoms with van der Waals surface area (Å²) in [6.45, 7) is 2.61. The summed E-state index contributed by atoms with van der Waals surface area (Å²) in [6.07, 6.45) is 0.882. The Bertz CT molecular complexity index is 760. The van der Waals surface area contributed by atoms with Gasteiger partial charge in [-0.1, -0.05) is 29.8 Å². The van der Waals surface area contributed by atoms with Crippen molar-refractivity contribution in [1.29, 1.82) is 0 Å². The molecule has 1 atom stereocenters. The molecule has 0 amide bonds. The molecule has 0 bridgehead atoms. The minimum Gasteiger partial charge on any atom is -0.387 e. The molecule has 1 aromatic heterocycles. The number of hydrogen-bond acceptors (Lipinski definition) is 4. The van der Waals surface area contributed by atoms with E-state index in [1.54, 1.807) is 7.05 Å². The second-order valence-electron chi connectivity index (χ2n) is 5.47. The average molecular weight is 303 g/mol. The van der Waals surface area contributed by atoms with E-state index in [1.165, 1.54) is 17.8 Å². The molecule has 0 saturated carbocycles. The van der Waals surface area contributed by atoms with Crippen LogP contribution in [0.25, 0.3) is 0 Å². The fourth-order valence-electron chi connectivity index (χ4n) is 2.25. The molecule has 6 heteroatoms. The van der Waals surface area contributed by atoms with Gasteiger partial charge in [-0.25, -0.2) is 4.79 Å². The van der Waals surface area contributed by atoms with Crippen molar-refractivity contribution >= 4 is 0 Å². The lowest BCUT2D eigenvalue weighted by atomic mass is 10.1. The Morgan fingerprint density at radius 1 is 1.18 bits per heavy atom. The van der Waals surface area contributed by atoms with Crippen LogP contribution in [-0.2, 0) is 20.6 Å². The van der Waals surface area contributed by atoms with Gasteiger partial charge in [0.1, 0.15) is 0 Å². The highest BCUT2D eigenvalue weighted by Crippen LogP contribution is 2.12. The summed E-state index contributed by atoms with van der Waals surface area (Å²) in [5, 5.41) is 13.2. The van der Waals surface area contributed by atoms with Crippen molar-refractivity contribution in [1.82, 2.24) is 14.5 Å². The number of aryl methyl sites for hydroxylation is 2. The van der Waals surface area contributed by atoms with Gasteiger partial charge in [-0.2, -0.15) is 0 Å². The first-order valence-corrected chi connectivity index (χ1v) is 7.11. The van der Waals surface area contributed by atoms with Crippen LogP contribution in [0.1, 0.15) is 22.8 Å². The average Bonchev–Trinajstić information content (AvgIpc) is 2.50. The molecule has 1 aromatic carbocycles. The van der Waals surface area contributed by atoms with Crippen LogP contribution < -0.4 is 16.6 Å². The van der Waals surface area contributed by atoms with Gasteiger partial charge >= 0.3 is 5.69 Å². The predicted octanol–water partition coefficient (Wildman–Crippen LogP) is 0.216. The highest BCUT2D eigenvalue weighted by Gasteiger charge is 2.09. The smallest absolute Gasteiger partial charge is 0.330 e. The lowest BCUT2D eigenvalue weighted by molar-refractivity contribution is 0.174. The van der Waals surface area contributed by atoms with Gasteiger partial charge in [-0.05, 0) is 12.5 Å². The van der Waals surface area contributed by atoms with Gasteiger partial charge in [0, 0.05) is 38.9 Å². The molecule has 0 aliphatic rings. The van der Waals surface area contributed by atoms with Crippen LogP contribution >= 0.6 is 0 Å². The Balaban J connectivity index is 2.01. The Morgan fingerprint density at radius 3 is 2.45 bits per heavy atom. The summed E-state index contributed by atoms with van der Waals surface area (Å²) < 4.78 is 2.45. The number of rotatable bonds is 5. The van der Waals surface area contributed by atoms with Crippen LogP contribution in [-0.4, -0.2) is 20.8 Å². The van der Waals surface area contributed by atoms with Gasteiger partial charge in [0.2, 0.25) is 0 Å². The van der Waals surface area contributed by atoms with Crippen LogP contribution in [0, 0.1) is 6.92 Å². The summed E-state index contributed by atoms with van der Waals surface area (Å²) in [6, 6.07) is 7.66. The number of aliphatic hydroxyl groups is 1. The maximum atomic E-state index is 12.0. The largest absolute Gasteiger partial charge is 0.387 e. The van der Waals surface area contributed by atoms with Crippen LogP contribution in [0.2, 0.25) is 0 Å². The van der Waals surface area contributed by atoms with Gasteiger partial charge in [0.25, 0.3) is 5.56 Å². The third-order valence-corrected chi connectivity index (χ3v) is 3.63. The van der Waals surface area contributed by atoms with Crippen molar-refractivity contribution in [2.75, 3.05) is 6.54 Å². The zero-order valence-corrected chi connectivity index (χ0v) is 13.0. The molecular formula is C16H21N3O3. The minimum absolute atomic E-state index is 0.295. The molecular weight excluding hydrogens is 282 g/mol. The zero-order valence-electron chi connectivity index (χ0n) is 13.0. The molecule has 6 nitrogen and oxygen atoms in total. The van der Waals surface area contributed by atoms with E-state index in [1.807, 2.05) is 31.2 Å². The van der Waals surface area contributed by atoms with E-state index in [2.05, 4.69) is 5.32 Å². The molecule has 0 radical (unpaired) electrons. The quantitative estimate of drug-likeness (QED) is 0.828. The Labute approximate surface area is 128 Å². The Kier molecular flexibility index (Phi) is 4.95. The summed E-state index contributed by atoms with van der Waals surface area (Å²) in [7, 11) is 3.06. The number of hydrogen-bond donors (Lipinski definition) is 2. The number of benzene rings is 1. The van der Waals surface area contributed by atoms with E-state index in [-0.39, 0.29) is 11.2 Å². The summed E-state index contributed by atoms with van der Waals surface area (Å²) in [5.74, 6) is 0. The van der Waals surface area contributed by atoms with Crippen molar-refractivity contribution in [3.8, 4) is 0 Å². The van der Waals surface area contributed by atoms with Crippen LogP contribution in [0.4, 0.5) is 0 Å². The molecule has 2 rings (SSSR count). The number of aromatic nitrogens is 2. The van der Waals surface area contributed by atoms with Crippen LogP contribution in [0.3, 0.4) is 0 Å². The van der Waals surface area contributed by atoms with Crippen LogP contribution in [0.5, 0.6) is 0 Å². The third-order valence-electron chi connectivity index (χ3n) is 3.63. The van der Waals surface area contributed by atoms with E-state index >= 15 is 0 Å². The summed E-state index contributed by atoms with van der Waals surface area (Å²) >= 11 is 0. The first kappa shape index (κ1) is 16.2. The molecule has 0 fully saturated rings. The Hall–Kier alpha value is -2.18. The highest BCUT2D eigenvalue weighted by atomic mass is 16.3. The molecule has 1 heterocycles. The first-order chi connectivity index (χ1) is 10.4. The van der Waals surface area contributed by atoms with E-state index < -0.39 is 6.10 Å². The van der Waals surface area contributed by atoms with Gasteiger partial charge in [0.05, 0.1) is 6.10 Å². The second kappa shape index (κ2) is 6.72. The standard InChI is InChI=1S/C16H21N3O3/c1-11-4-6-12(7-5-11)14(20)9-17-8-13-10-18(2)16(22)19(3)15(13)21/h4-7,10,14,17,20H,8-9H2,1-3H3. The molecule has 1 unspecified atom stereocenters.